The van der Waals surface area contributed by atoms with E-state index in [1.54, 1.807) is 13.0 Å². The van der Waals surface area contributed by atoms with Crippen molar-refractivity contribution in [2.24, 2.45) is 0 Å². The molecule has 0 unspecified atom stereocenters. The molecule has 0 bridgehead atoms. The summed E-state index contributed by atoms with van der Waals surface area (Å²) in [5, 5.41) is 11.5. The van der Waals surface area contributed by atoms with Gasteiger partial charge in [-0.2, -0.15) is 18.4 Å². The fourth-order valence-electron chi connectivity index (χ4n) is 1.29. The topological polar surface area (TPSA) is 35.8 Å². The zero-order valence-corrected chi connectivity index (χ0v) is 9.67. The number of hydrogen-bond acceptors (Lipinski definition) is 2. The van der Waals surface area contributed by atoms with E-state index in [9.17, 15) is 13.2 Å². The van der Waals surface area contributed by atoms with Crippen molar-refractivity contribution >= 4 is 5.69 Å². The molecule has 0 aromatic heterocycles. The molecule has 0 aliphatic rings. The smallest absolute Gasteiger partial charge is 0.355 e. The van der Waals surface area contributed by atoms with Gasteiger partial charge in [-0.25, -0.2) is 0 Å². The van der Waals surface area contributed by atoms with E-state index < -0.39 is 11.7 Å². The minimum Gasteiger partial charge on any atom is -0.355 e. The number of nitriles is 1. The molecular formula is C13H11F3N2. The van der Waals surface area contributed by atoms with E-state index in [1.807, 2.05) is 6.07 Å². The first kappa shape index (κ1) is 13.8. The molecule has 1 N–H and O–H groups in total. The third kappa shape index (κ3) is 3.39. The maximum Gasteiger partial charge on any atom is 0.416 e. The van der Waals surface area contributed by atoms with Crippen LogP contribution in [0, 0.1) is 11.3 Å². The van der Waals surface area contributed by atoms with Crippen molar-refractivity contribution in [3.63, 3.8) is 0 Å². The highest BCUT2D eigenvalue weighted by atomic mass is 19.4. The average Bonchev–Trinajstić information content (AvgIpc) is 2.30. The molecule has 5 heteroatoms. The first-order chi connectivity index (χ1) is 8.38. The normalized spacial score (nSPS) is 11.8. The number of halogens is 3. The highest BCUT2D eigenvalue weighted by molar-refractivity contribution is 5.56. The van der Waals surface area contributed by atoms with Gasteiger partial charge in [0.25, 0.3) is 0 Å². The molecule has 0 saturated heterocycles. The van der Waals surface area contributed by atoms with Gasteiger partial charge in [0.2, 0.25) is 0 Å². The van der Waals surface area contributed by atoms with Gasteiger partial charge < -0.3 is 5.32 Å². The van der Waals surface area contributed by atoms with Gasteiger partial charge in [-0.05, 0) is 31.2 Å². The largest absolute Gasteiger partial charge is 0.416 e. The van der Waals surface area contributed by atoms with Crippen molar-refractivity contribution in [2.75, 3.05) is 5.32 Å². The van der Waals surface area contributed by atoms with Crippen LogP contribution in [0.15, 0.2) is 48.2 Å². The molecule has 2 nitrogen and oxygen atoms in total. The van der Waals surface area contributed by atoms with Crippen molar-refractivity contribution in [1.82, 2.24) is 0 Å². The van der Waals surface area contributed by atoms with E-state index in [2.05, 4.69) is 11.9 Å². The molecule has 1 aromatic rings. The summed E-state index contributed by atoms with van der Waals surface area (Å²) in [5.74, 6) is 0. The lowest BCUT2D eigenvalue weighted by Gasteiger charge is -2.10. The van der Waals surface area contributed by atoms with Gasteiger partial charge in [-0.3, -0.25) is 0 Å². The number of nitrogens with one attached hydrogen (secondary N) is 1. The predicted octanol–water partition coefficient (Wildman–Crippen LogP) is 4.10. The highest BCUT2D eigenvalue weighted by Crippen LogP contribution is 2.30. The van der Waals surface area contributed by atoms with Crippen LogP contribution in [-0.2, 0) is 6.18 Å². The Kier molecular flexibility index (Phi) is 4.16. The average molecular weight is 252 g/mol. The standard InChI is InChI=1S/C13H11F3N2/c1-3-10(8-17)9(2)18-12-6-4-11(5-7-12)13(14,15)16/h3-7,18H,2H2,1H3/b10-3+. The zero-order chi connectivity index (χ0) is 13.8. The van der Waals surface area contributed by atoms with Crippen molar-refractivity contribution in [1.29, 1.82) is 5.26 Å². The number of nitrogens with zero attached hydrogens (tertiary/aromatic N) is 1. The molecule has 0 radical (unpaired) electrons. The summed E-state index contributed by atoms with van der Waals surface area (Å²) in [6.45, 7) is 5.32. The van der Waals surface area contributed by atoms with Crippen molar-refractivity contribution in [2.45, 2.75) is 13.1 Å². The predicted molar refractivity (Wildman–Crippen MR) is 63.6 cm³/mol. The molecule has 1 aromatic carbocycles. The van der Waals surface area contributed by atoms with Gasteiger partial charge in [0.1, 0.15) is 6.07 Å². The molecule has 0 atom stereocenters. The summed E-state index contributed by atoms with van der Waals surface area (Å²) < 4.78 is 37.0. The second-order valence-electron chi connectivity index (χ2n) is 3.49. The Hall–Kier alpha value is -2.22. The van der Waals surface area contributed by atoms with Crippen LogP contribution in [0.2, 0.25) is 0 Å². The summed E-state index contributed by atoms with van der Waals surface area (Å²) in [6, 6.07) is 6.45. The number of hydrogen-bond donors (Lipinski definition) is 1. The number of benzene rings is 1. The van der Waals surface area contributed by atoms with E-state index in [0.717, 1.165) is 12.1 Å². The quantitative estimate of drug-likeness (QED) is 0.649. The van der Waals surface area contributed by atoms with E-state index in [4.69, 9.17) is 5.26 Å². The van der Waals surface area contributed by atoms with Crippen LogP contribution in [-0.4, -0.2) is 0 Å². The fraction of sp³-hybridized carbons (Fsp3) is 0.154. The molecule has 0 amide bonds. The van der Waals surface area contributed by atoms with Gasteiger partial charge in [-0.1, -0.05) is 12.7 Å². The minimum absolute atomic E-state index is 0.342. The van der Waals surface area contributed by atoms with Crippen LogP contribution in [0.3, 0.4) is 0 Å². The molecule has 0 aliphatic carbocycles. The fourth-order valence-corrected chi connectivity index (χ4v) is 1.29. The summed E-state index contributed by atoms with van der Waals surface area (Å²) in [5.41, 5.74) is 0.419. The van der Waals surface area contributed by atoms with Crippen LogP contribution in [0.25, 0.3) is 0 Å². The van der Waals surface area contributed by atoms with E-state index in [-0.39, 0.29) is 0 Å². The van der Waals surface area contributed by atoms with Gasteiger partial charge in [0.15, 0.2) is 0 Å². The van der Waals surface area contributed by atoms with Gasteiger partial charge in [-0.15, -0.1) is 0 Å². The number of rotatable bonds is 3. The summed E-state index contributed by atoms with van der Waals surface area (Å²) in [7, 11) is 0. The van der Waals surface area contributed by atoms with Crippen LogP contribution >= 0.6 is 0 Å². The van der Waals surface area contributed by atoms with Gasteiger partial charge >= 0.3 is 6.18 Å². The Morgan fingerprint density at radius 3 is 2.28 bits per heavy atom. The first-order valence-electron chi connectivity index (χ1n) is 5.08. The summed E-state index contributed by atoms with van der Waals surface area (Å²) in [6.07, 6.45) is -2.78. The second kappa shape index (κ2) is 5.41. The van der Waals surface area contributed by atoms with Crippen LogP contribution in [0.5, 0.6) is 0 Å². The van der Waals surface area contributed by atoms with E-state index in [1.165, 1.54) is 12.1 Å². The Bertz CT molecular complexity index is 505. The third-order valence-corrected chi connectivity index (χ3v) is 2.24. The lowest BCUT2D eigenvalue weighted by molar-refractivity contribution is -0.137. The molecule has 0 saturated carbocycles. The Balaban J connectivity index is 2.83. The van der Waals surface area contributed by atoms with Gasteiger partial charge in [0, 0.05) is 11.4 Å². The van der Waals surface area contributed by atoms with Gasteiger partial charge in [0.05, 0.1) is 11.1 Å². The molecule has 0 heterocycles. The monoisotopic (exact) mass is 252 g/mol. The third-order valence-electron chi connectivity index (χ3n) is 2.24. The lowest BCUT2D eigenvalue weighted by Crippen LogP contribution is -2.05. The Morgan fingerprint density at radius 2 is 1.89 bits per heavy atom. The second-order valence-corrected chi connectivity index (χ2v) is 3.49. The number of alkyl halides is 3. The molecule has 0 aliphatic heterocycles. The zero-order valence-electron chi connectivity index (χ0n) is 9.67. The highest BCUT2D eigenvalue weighted by Gasteiger charge is 2.29. The van der Waals surface area contributed by atoms with Crippen LogP contribution in [0.1, 0.15) is 12.5 Å². The van der Waals surface area contributed by atoms with E-state index in [0.29, 0.717) is 17.0 Å². The molecule has 1 rings (SSSR count). The van der Waals surface area contributed by atoms with Crippen molar-refractivity contribution < 1.29 is 13.2 Å². The molecule has 18 heavy (non-hydrogen) atoms. The Morgan fingerprint density at radius 1 is 1.33 bits per heavy atom. The van der Waals surface area contributed by atoms with E-state index >= 15 is 0 Å². The summed E-state index contributed by atoms with van der Waals surface area (Å²) >= 11 is 0. The molecule has 0 fully saturated rings. The maximum absolute atomic E-state index is 12.3. The molecule has 0 spiro atoms. The Labute approximate surface area is 103 Å². The molecular weight excluding hydrogens is 241 g/mol. The lowest BCUT2D eigenvalue weighted by atomic mass is 10.1. The molecule has 94 valence electrons. The minimum atomic E-state index is -4.35. The van der Waals surface area contributed by atoms with Crippen molar-refractivity contribution in [3.8, 4) is 6.07 Å². The summed E-state index contributed by atoms with van der Waals surface area (Å²) in [4.78, 5) is 0. The SMILES string of the molecule is C=C(Nc1ccc(C(F)(F)F)cc1)/C(C#N)=C/C. The number of anilines is 1. The van der Waals surface area contributed by atoms with Crippen LogP contribution < -0.4 is 5.32 Å². The maximum atomic E-state index is 12.3. The van der Waals surface area contributed by atoms with Crippen molar-refractivity contribution in [3.05, 3.63) is 53.8 Å². The first-order valence-corrected chi connectivity index (χ1v) is 5.08. The number of allylic oxidation sites excluding steroid dienone is 2. The van der Waals surface area contributed by atoms with Crippen LogP contribution in [0.4, 0.5) is 18.9 Å².